The van der Waals surface area contributed by atoms with Crippen molar-refractivity contribution in [3.8, 4) is 0 Å². The summed E-state index contributed by atoms with van der Waals surface area (Å²) in [6.07, 6.45) is 2.99. The van der Waals surface area contributed by atoms with Crippen LogP contribution in [0.4, 0.5) is 0 Å². The number of aromatic nitrogens is 1. The summed E-state index contributed by atoms with van der Waals surface area (Å²) in [5.74, 6) is 0.836. The van der Waals surface area contributed by atoms with Crippen molar-refractivity contribution >= 4 is 5.71 Å². The third-order valence-electron chi connectivity index (χ3n) is 3.15. The third-order valence-corrected chi connectivity index (χ3v) is 3.15. The molecule has 0 N–H and O–H groups in total. The molecule has 19 heavy (non-hydrogen) atoms. The van der Waals surface area contributed by atoms with E-state index in [1.54, 1.807) is 0 Å². The Hall–Kier alpha value is -1.64. The van der Waals surface area contributed by atoms with E-state index in [0.717, 1.165) is 47.9 Å². The van der Waals surface area contributed by atoms with Gasteiger partial charge in [-0.05, 0) is 45.7 Å². The normalized spacial score (nSPS) is 11.5. The molecule has 0 aliphatic heterocycles. The van der Waals surface area contributed by atoms with Gasteiger partial charge in [0.15, 0.2) is 0 Å². The van der Waals surface area contributed by atoms with Gasteiger partial charge >= 0.3 is 0 Å². The van der Waals surface area contributed by atoms with E-state index in [4.69, 9.17) is 0 Å². The van der Waals surface area contributed by atoms with Crippen molar-refractivity contribution in [2.24, 2.45) is 4.99 Å². The molecule has 0 unspecified atom stereocenters. The number of aliphatic imine (C=N–C) groups is 1. The molecule has 0 spiro atoms. The Kier molecular flexibility index (Phi) is 5.74. The fourth-order valence-electron chi connectivity index (χ4n) is 2.07. The van der Waals surface area contributed by atoms with Gasteiger partial charge in [-0.2, -0.15) is 0 Å². The number of hydrogen-bond donors (Lipinski definition) is 0. The lowest BCUT2D eigenvalue weighted by Gasteiger charge is -2.22. The van der Waals surface area contributed by atoms with Gasteiger partial charge in [0.1, 0.15) is 5.82 Å². The molecule has 0 aromatic carbocycles. The van der Waals surface area contributed by atoms with Crippen LogP contribution < -0.4 is 0 Å². The Labute approximate surface area is 117 Å². The second-order valence-corrected chi connectivity index (χ2v) is 4.84. The zero-order valence-electron chi connectivity index (χ0n) is 12.8. The lowest BCUT2D eigenvalue weighted by molar-refractivity contribution is 0.361. The molecule has 104 valence electrons. The van der Waals surface area contributed by atoms with Crippen LogP contribution >= 0.6 is 0 Å². The van der Waals surface area contributed by atoms with Crippen LogP contribution in [-0.2, 0) is 0 Å². The fourth-order valence-corrected chi connectivity index (χ4v) is 2.07. The molecule has 0 fully saturated rings. The van der Waals surface area contributed by atoms with Gasteiger partial charge in [-0.25, -0.2) is 4.99 Å². The van der Waals surface area contributed by atoms with Gasteiger partial charge in [0.25, 0.3) is 0 Å². The summed E-state index contributed by atoms with van der Waals surface area (Å²) in [4.78, 5) is 11.2. The SMILES string of the molecule is C=C(/N=C(/C)c1cc(C)cnc1C)N(CC)CCC. The zero-order chi connectivity index (χ0) is 14.4. The van der Waals surface area contributed by atoms with E-state index in [2.05, 4.69) is 41.4 Å². The third kappa shape index (κ3) is 4.19. The summed E-state index contributed by atoms with van der Waals surface area (Å²) in [6, 6.07) is 2.13. The van der Waals surface area contributed by atoms with Gasteiger partial charge in [-0.1, -0.05) is 13.5 Å². The average Bonchev–Trinajstić information content (AvgIpc) is 2.38. The van der Waals surface area contributed by atoms with E-state index < -0.39 is 0 Å². The Balaban J connectivity index is 2.97. The molecule has 3 nitrogen and oxygen atoms in total. The zero-order valence-corrected chi connectivity index (χ0v) is 12.8. The van der Waals surface area contributed by atoms with E-state index in [9.17, 15) is 0 Å². The van der Waals surface area contributed by atoms with E-state index in [1.807, 2.05) is 27.0 Å². The second kappa shape index (κ2) is 7.07. The summed E-state index contributed by atoms with van der Waals surface area (Å²) in [7, 11) is 0. The van der Waals surface area contributed by atoms with Crippen LogP contribution in [0, 0.1) is 13.8 Å². The smallest absolute Gasteiger partial charge is 0.121 e. The van der Waals surface area contributed by atoms with Crippen molar-refractivity contribution in [3.05, 3.63) is 41.5 Å². The lowest BCUT2D eigenvalue weighted by Crippen LogP contribution is -2.22. The van der Waals surface area contributed by atoms with Gasteiger partial charge in [0.05, 0.1) is 0 Å². The van der Waals surface area contributed by atoms with Gasteiger partial charge in [0.2, 0.25) is 0 Å². The molecule has 0 aliphatic carbocycles. The van der Waals surface area contributed by atoms with Crippen molar-refractivity contribution in [3.63, 3.8) is 0 Å². The predicted molar refractivity (Wildman–Crippen MR) is 82.6 cm³/mol. The molecule has 3 heteroatoms. The Morgan fingerprint density at radius 1 is 1.37 bits per heavy atom. The van der Waals surface area contributed by atoms with Crippen molar-refractivity contribution in [2.75, 3.05) is 13.1 Å². The summed E-state index contributed by atoms with van der Waals surface area (Å²) in [6.45, 7) is 16.4. The van der Waals surface area contributed by atoms with Crippen LogP contribution in [0.2, 0.25) is 0 Å². The van der Waals surface area contributed by atoms with Crippen LogP contribution in [0.1, 0.15) is 44.0 Å². The van der Waals surface area contributed by atoms with E-state index >= 15 is 0 Å². The van der Waals surface area contributed by atoms with E-state index in [-0.39, 0.29) is 0 Å². The highest BCUT2D eigenvalue weighted by atomic mass is 15.2. The number of rotatable bonds is 6. The van der Waals surface area contributed by atoms with Crippen LogP contribution in [0.3, 0.4) is 0 Å². The van der Waals surface area contributed by atoms with E-state index in [0.29, 0.717) is 0 Å². The number of aryl methyl sites for hydroxylation is 2. The van der Waals surface area contributed by atoms with Crippen LogP contribution in [0.15, 0.2) is 29.7 Å². The summed E-state index contributed by atoms with van der Waals surface area (Å²) >= 11 is 0. The minimum atomic E-state index is 0.836. The second-order valence-electron chi connectivity index (χ2n) is 4.84. The number of pyridine rings is 1. The minimum Gasteiger partial charge on any atom is -0.357 e. The molecule has 0 saturated carbocycles. The monoisotopic (exact) mass is 259 g/mol. The maximum absolute atomic E-state index is 4.65. The first kappa shape index (κ1) is 15.4. The Morgan fingerprint density at radius 3 is 2.63 bits per heavy atom. The first-order valence-corrected chi connectivity index (χ1v) is 6.92. The van der Waals surface area contributed by atoms with Gasteiger partial charge in [-0.3, -0.25) is 4.98 Å². The van der Waals surface area contributed by atoms with E-state index in [1.165, 1.54) is 0 Å². The maximum Gasteiger partial charge on any atom is 0.121 e. The molecule has 0 radical (unpaired) electrons. The quantitative estimate of drug-likeness (QED) is 0.729. The fraction of sp³-hybridized carbons (Fsp3) is 0.500. The van der Waals surface area contributed by atoms with Crippen LogP contribution in [0.5, 0.6) is 0 Å². The molecule has 0 atom stereocenters. The first-order valence-electron chi connectivity index (χ1n) is 6.92. The van der Waals surface area contributed by atoms with Crippen LogP contribution in [-0.4, -0.2) is 28.7 Å². The van der Waals surface area contributed by atoms with Gasteiger partial charge < -0.3 is 4.90 Å². The molecular weight excluding hydrogens is 234 g/mol. The number of nitrogens with zero attached hydrogens (tertiary/aromatic N) is 3. The topological polar surface area (TPSA) is 28.5 Å². The Bertz CT molecular complexity index is 475. The molecule has 1 rings (SSSR count). The molecule has 1 aromatic rings. The Morgan fingerprint density at radius 2 is 2.05 bits per heavy atom. The average molecular weight is 259 g/mol. The summed E-state index contributed by atoms with van der Waals surface area (Å²) < 4.78 is 0. The van der Waals surface area contributed by atoms with Crippen molar-refractivity contribution in [1.29, 1.82) is 0 Å². The molecule has 0 bridgehead atoms. The van der Waals surface area contributed by atoms with Crippen molar-refractivity contribution < 1.29 is 0 Å². The highest BCUT2D eigenvalue weighted by Crippen LogP contribution is 2.12. The molecular formula is C16H25N3. The van der Waals surface area contributed by atoms with Gasteiger partial charge in [-0.15, -0.1) is 0 Å². The van der Waals surface area contributed by atoms with Crippen molar-refractivity contribution in [2.45, 2.75) is 41.0 Å². The molecule has 0 aliphatic rings. The maximum atomic E-state index is 4.65. The first-order chi connectivity index (χ1) is 8.99. The largest absolute Gasteiger partial charge is 0.357 e. The summed E-state index contributed by atoms with van der Waals surface area (Å²) in [5.41, 5.74) is 4.25. The number of hydrogen-bond acceptors (Lipinski definition) is 3. The predicted octanol–water partition coefficient (Wildman–Crippen LogP) is 3.71. The summed E-state index contributed by atoms with van der Waals surface area (Å²) in [5, 5.41) is 0. The molecule has 1 heterocycles. The van der Waals surface area contributed by atoms with Crippen LogP contribution in [0.25, 0.3) is 0 Å². The van der Waals surface area contributed by atoms with Crippen molar-refractivity contribution in [1.82, 2.24) is 9.88 Å². The lowest BCUT2D eigenvalue weighted by atomic mass is 10.1. The molecule has 0 saturated heterocycles. The minimum absolute atomic E-state index is 0.836. The molecule has 0 amide bonds. The standard InChI is InChI=1S/C16H25N3/c1-7-9-19(8-2)15(6)18-14(5)16-10-12(3)11-17-13(16)4/h10-11H,6-9H2,1-5H3/b18-14-. The molecule has 1 aromatic heterocycles. The van der Waals surface area contributed by atoms with Gasteiger partial charge in [0, 0.05) is 36.3 Å². The highest BCUT2D eigenvalue weighted by Gasteiger charge is 2.07. The highest BCUT2D eigenvalue weighted by molar-refractivity contribution is 6.00.